The van der Waals surface area contributed by atoms with Crippen LogP contribution in [0, 0.1) is 160 Å². The summed E-state index contributed by atoms with van der Waals surface area (Å²) in [6.07, 6.45) is -0.377. The Balaban J connectivity index is -0.000000298. The first kappa shape index (κ1) is 112. The van der Waals surface area contributed by atoms with Crippen LogP contribution >= 0.6 is 0 Å². The second-order valence-corrected chi connectivity index (χ2v) is 23.9. The van der Waals surface area contributed by atoms with Crippen molar-refractivity contribution in [3.05, 3.63) is 0 Å². The molecule has 3 N–H and O–H groups in total. The Morgan fingerprint density at radius 1 is 0.304 bits per heavy atom. The first-order valence-electron chi connectivity index (χ1n) is 34.2. The van der Waals surface area contributed by atoms with Gasteiger partial charge in [-0.2, -0.15) is 0 Å². The van der Waals surface area contributed by atoms with Crippen LogP contribution in [-0.4, -0.2) is 428 Å². The van der Waals surface area contributed by atoms with Crippen molar-refractivity contribution in [1.29, 1.82) is 0 Å². The second-order valence-electron chi connectivity index (χ2n) is 23.9. The molecule has 2 amide bonds. The summed E-state index contributed by atoms with van der Waals surface area (Å²) in [4.78, 5) is 137. The van der Waals surface area contributed by atoms with Crippen molar-refractivity contribution >= 4 is 59.6 Å². The molecule has 39 heteroatoms. The van der Waals surface area contributed by atoms with Gasteiger partial charge in [0.25, 0.3) is 0 Å². The van der Waals surface area contributed by atoms with Gasteiger partial charge in [0.1, 0.15) is 0 Å². The number of amides is 2. The van der Waals surface area contributed by atoms with E-state index in [9.17, 15) is 93.9 Å². The number of hydrogen-bond acceptors (Lipinski definition) is 33. The fourth-order valence-corrected chi connectivity index (χ4v) is 10.5. The molecule has 0 aromatic rings. The van der Waals surface area contributed by atoms with Gasteiger partial charge in [0.2, 0.25) is 11.8 Å². The van der Waals surface area contributed by atoms with E-state index in [0.717, 1.165) is 116 Å². The molecule has 1 atom stereocenters. The summed E-state index contributed by atoms with van der Waals surface area (Å²) in [6.45, 7) is 35.8. The molecule has 102 heavy (non-hydrogen) atoms. The topological polar surface area (TPSA) is 445 Å². The minimum absolute atomic E-state index is 0. The summed E-state index contributed by atoms with van der Waals surface area (Å²) in [7, 11) is 2.98. The molecule has 0 spiro atoms. The maximum absolute atomic E-state index is 11.5. The van der Waals surface area contributed by atoms with E-state index in [1.807, 2.05) is 40.4 Å². The van der Waals surface area contributed by atoms with Gasteiger partial charge < -0.3 is 119 Å². The van der Waals surface area contributed by atoms with Gasteiger partial charge in [0.05, 0.1) is 66.9 Å². The largest absolute Gasteiger partial charge is 3.00 e. The molecule has 0 saturated carbocycles. The third-order valence-electron chi connectivity index (χ3n) is 16.6. The predicted molar refractivity (Wildman–Crippen MR) is 350 cm³/mol. The summed E-state index contributed by atoms with van der Waals surface area (Å²) in [5.74, 6) is -10.4. The van der Waals surface area contributed by atoms with Crippen LogP contribution in [0.1, 0.15) is 55.4 Å². The minimum Gasteiger partial charge on any atom is -0.549 e. The predicted octanol–water partition coefficient (Wildman–Crippen LogP) is -14.8. The van der Waals surface area contributed by atoms with Gasteiger partial charge in [-0.25, -0.2) is 0 Å². The monoisotopic (exact) mass is 2030 g/mol. The number of carboxylic acids is 8. The van der Waals surface area contributed by atoms with Crippen molar-refractivity contribution in [3.8, 4) is 0 Å². The molecule has 2 rings (SSSR count). The van der Waals surface area contributed by atoms with E-state index >= 15 is 0 Å². The van der Waals surface area contributed by atoms with Crippen LogP contribution in [0.4, 0.5) is 0 Å². The fourth-order valence-electron chi connectivity index (χ4n) is 10.5. The molecule has 592 valence electrons. The van der Waals surface area contributed by atoms with Crippen LogP contribution in [0.5, 0.6) is 0 Å². The van der Waals surface area contributed by atoms with Crippen molar-refractivity contribution in [2.24, 2.45) is 0 Å². The Kier molecular flexibility index (Phi) is 77.9. The van der Waals surface area contributed by atoms with Gasteiger partial charge in [-0.3, -0.25) is 53.7 Å². The summed E-state index contributed by atoms with van der Waals surface area (Å²) < 4.78 is 0. The van der Waals surface area contributed by atoms with Crippen molar-refractivity contribution in [3.63, 3.8) is 0 Å². The zero-order valence-electron chi connectivity index (χ0n) is 61.7. The van der Waals surface area contributed by atoms with Gasteiger partial charge >= 0.3 is 160 Å². The van der Waals surface area contributed by atoms with Gasteiger partial charge in [-0.15, -0.1) is 0 Å². The number of nitrogens with one attached hydrogen (secondary N) is 2. The number of aliphatic hydroxyl groups is 1. The van der Waals surface area contributed by atoms with E-state index in [0.29, 0.717) is 72.0 Å². The number of nitrogens with zero attached hydrogens (tertiary/aromatic N) is 14. The molecule has 1 unspecified atom stereocenters. The van der Waals surface area contributed by atoms with Crippen LogP contribution in [-0.2, 0) is 47.9 Å². The van der Waals surface area contributed by atoms with Crippen molar-refractivity contribution in [1.82, 2.24) is 79.2 Å². The van der Waals surface area contributed by atoms with E-state index in [1.54, 1.807) is 16.7 Å². The Labute approximate surface area is 734 Å². The molecule has 0 aromatic carbocycles. The molecule has 35 nitrogen and oxygen atoms in total. The molecule has 2 fully saturated rings. The van der Waals surface area contributed by atoms with Gasteiger partial charge in [0, 0.05) is 230 Å². The average Bonchev–Trinajstić information content (AvgIpc) is 2.65. The van der Waals surface area contributed by atoms with Crippen LogP contribution in [0.25, 0.3) is 0 Å². The molecule has 4 radical (unpaired) electrons. The molecule has 2 aliphatic rings. The van der Waals surface area contributed by atoms with Crippen LogP contribution < -0.4 is 51.5 Å². The number of β-amino-alcohol motifs (C(OH)–C–C–N with tert-alkyl or cyclic N) is 1. The van der Waals surface area contributed by atoms with Crippen LogP contribution in [0.2, 0.25) is 0 Å². The summed E-state index contributed by atoms with van der Waals surface area (Å²) in [6, 6.07) is 0. The van der Waals surface area contributed by atoms with Crippen LogP contribution in [0.15, 0.2) is 0 Å². The molecule has 2 saturated heterocycles. The van der Waals surface area contributed by atoms with Gasteiger partial charge in [0.15, 0.2) is 0 Å². The van der Waals surface area contributed by atoms with E-state index in [-0.39, 0.29) is 250 Å². The number of carboxylic acid groups (broad SMARTS) is 8. The van der Waals surface area contributed by atoms with Crippen molar-refractivity contribution in [2.45, 2.75) is 61.5 Å². The third kappa shape index (κ3) is 65.3. The zero-order valence-corrected chi connectivity index (χ0v) is 70.8. The standard InChI is InChI=1S/C17H36N4O3.C16H31N5O6.C16H32N4O4.C14H27N3O6.4Gd/c1-4-18-6-7-19(5-2)9-11-21(15-17(23)24)13-12-20(10-8-18)14-16(3)22;1-4-19(9-13(22)17-2)5-6-20(11-15(24)25)7-8-21(12-16(26)27)10-14(23)18-3;1-3-17-5-6-18(4-2)8-10-20(14-16(23)24)12-11-19(9-7-17)13-15(21)22;1-3-15(4-2)5-6-16(9-12(18)19)7-8-17(10-13(20)21)11-14(22)23;;;;/h16,22H,4-15H2,1-3H3,(H,23,24);4-12H2,1-3H3,(H,17,22)(H,18,23)(H,24,25)(H,26,27);3-14H2,1-2H3,(H,21,22)(H,23,24);3-11H2,1-2H3,(H,18,19)(H,20,21)(H,22,23);;;;/q;;;;4*+3/p-8. The fraction of sp³-hybridized carbons (Fsp3) is 0.841. The number of aliphatic carboxylic acids is 8. The normalized spacial score (nSPS) is 15.8. The summed E-state index contributed by atoms with van der Waals surface area (Å²) in [5, 5.41) is 101. The van der Waals surface area contributed by atoms with E-state index in [1.165, 1.54) is 19.0 Å². The summed E-state index contributed by atoms with van der Waals surface area (Å²) >= 11 is 0. The third-order valence-corrected chi connectivity index (χ3v) is 16.6. The number of aliphatic hydroxyl groups excluding tert-OH is 1. The van der Waals surface area contributed by atoms with Gasteiger partial charge in [-0.1, -0.05) is 48.5 Å². The molecule has 2 heterocycles. The molecular weight excluding hydrogens is 1910 g/mol. The maximum atomic E-state index is 11.5. The Bertz CT molecular complexity index is 2200. The molecule has 2 aliphatic heterocycles. The van der Waals surface area contributed by atoms with E-state index in [2.05, 4.69) is 67.7 Å². The van der Waals surface area contributed by atoms with E-state index in [4.69, 9.17) is 0 Å². The SMILES string of the molecule is CCN(CC)CCN(CCN(CC(=O)[O-])CC(=O)[O-])CC(=O)[O-].CCN(CCN(CCN(CC(=O)[O-])CC(=O)NC)CC(=O)[O-])CC(=O)NC.CCN1CCN(CC)CCN(CC(=O)[O-])CCN(CC(=O)[O-])CC1.CCN1CCN(CC)CCN(CC(C)O)CCN(CC(=O)[O-])CC1.[Gd+3].[Gd+3].[Gd+3].[Gd+3]. The Hall–Kier alpha value is -0.601. The number of likely N-dealkylation sites (N-methyl/N-ethyl adjacent to an activating group) is 8. The molecular formula is C63H118Gd4N16O19+4. The Morgan fingerprint density at radius 2 is 0.500 bits per heavy atom. The zero-order chi connectivity index (χ0) is 74.5. The number of rotatable bonds is 41. The number of carbonyl (C=O) groups is 10. The van der Waals surface area contributed by atoms with Crippen molar-refractivity contribution < 1.29 is 254 Å². The maximum Gasteiger partial charge on any atom is 3.00 e. The Morgan fingerprint density at radius 3 is 0.716 bits per heavy atom. The van der Waals surface area contributed by atoms with E-state index < -0.39 is 67.4 Å². The number of carbonyl (C=O) groups excluding carboxylic acids is 10. The summed E-state index contributed by atoms with van der Waals surface area (Å²) in [5.41, 5.74) is 0. The first-order chi connectivity index (χ1) is 46.4. The van der Waals surface area contributed by atoms with Crippen LogP contribution in [0.3, 0.4) is 0 Å². The quantitative estimate of drug-likeness (QED) is 0.0512. The molecule has 0 aliphatic carbocycles. The molecule has 0 aromatic heterocycles. The smallest absolute Gasteiger partial charge is 0.549 e. The molecule has 0 bridgehead atoms. The number of hydrogen-bond donors (Lipinski definition) is 3. The second kappa shape index (κ2) is 70.8. The van der Waals surface area contributed by atoms with Crippen molar-refractivity contribution in [2.75, 3.05) is 289 Å². The minimum atomic E-state index is -1.40. The average molecular weight is 2030 g/mol. The van der Waals surface area contributed by atoms with Gasteiger partial charge in [-0.05, 0) is 52.7 Å². The first-order valence-corrected chi connectivity index (χ1v) is 34.2.